The summed E-state index contributed by atoms with van der Waals surface area (Å²) in [5.41, 5.74) is 0. The number of ether oxygens (including phenoxy) is 1. The van der Waals surface area contributed by atoms with E-state index in [4.69, 9.17) is 0 Å². The largest absolute Gasteiger partial charge is 0.469 e. The fraction of sp³-hybridized carbons (Fsp3) is 0.818. The van der Waals surface area contributed by atoms with Crippen LogP contribution in [0.5, 0.6) is 0 Å². The van der Waals surface area contributed by atoms with Crippen LogP contribution >= 0.6 is 0 Å². The maximum absolute atomic E-state index is 11.6. The fourth-order valence-corrected chi connectivity index (χ4v) is 2.45. The van der Waals surface area contributed by atoms with Crippen molar-refractivity contribution >= 4 is 21.9 Å². The molecule has 7 nitrogen and oxygen atoms in total. The Morgan fingerprint density at radius 2 is 1.79 bits per heavy atom. The van der Waals surface area contributed by atoms with Crippen LogP contribution in [0.15, 0.2) is 0 Å². The topological polar surface area (TPSA) is 92.8 Å². The number of amides is 1. The molecule has 0 aliphatic carbocycles. The van der Waals surface area contributed by atoms with Gasteiger partial charge >= 0.3 is 5.97 Å². The normalized spacial score (nSPS) is 11.1. The third-order valence-electron chi connectivity index (χ3n) is 2.58. The van der Waals surface area contributed by atoms with Gasteiger partial charge in [0.2, 0.25) is 15.9 Å². The number of hydrogen-bond donors (Lipinski definition) is 1. The van der Waals surface area contributed by atoms with Crippen LogP contribution in [0, 0.1) is 0 Å². The fourth-order valence-electron chi connectivity index (χ4n) is 1.44. The van der Waals surface area contributed by atoms with Gasteiger partial charge in [-0.15, -0.1) is 0 Å². The predicted octanol–water partition coefficient (Wildman–Crippen LogP) is -0.273. The summed E-state index contributed by atoms with van der Waals surface area (Å²) in [4.78, 5) is 24.0. The Labute approximate surface area is 114 Å². The molecule has 0 atom stereocenters. The molecule has 19 heavy (non-hydrogen) atoms. The van der Waals surface area contributed by atoms with Crippen molar-refractivity contribution in [3.8, 4) is 0 Å². The number of nitrogens with zero attached hydrogens (tertiary/aromatic N) is 1. The molecule has 0 heterocycles. The van der Waals surface area contributed by atoms with E-state index in [-0.39, 0.29) is 31.0 Å². The van der Waals surface area contributed by atoms with E-state index in [1.165, 1.54) is 12.0 Å². The number of sulfonamides is 1. The second kappa shape index (κ2) is 8.87. The number of carbonyl (C=O) groups is 2. The molecule has 0 aliphatic rings. The molecule has 0 bridgehead atoms. The van der Waals surface area contributed by atoms with Gasteiger partial charge in [0, 0.05) is 19.5 Å². The van der Waals surface area contributed by atoms with Gasteiger partial charge in [0.05, 0.1) is 19.4 Å². The molecule has 0 fully saturated rings. The Kier molecular flexibility index (Phi) is 8.33. The molecule has 0 aromatic rings. The van der Waals surface area contributed by atoms with Crippen molar-refractivity contribution in [2.45, 2.75) is 26.7 Å². The van der Waals surface area contributed by atoms with E-state index in [0.717, 1.165) is 0 Å². The first kappa shape index (κ1) is 17.8. The Morgan fingerprint density at radius 1 is 1.21 bits per heavy atom. The molecule has 0 unspecified atom stereocenters. The van der Waals surface area contributed by atoms with Crippen LogP contribution in [0.25, 0.3) is 0 Å². The van der Waals surface area contributed by atoms with Crippen molar-refractivity contribution < 1.29 is 22.7 Å². The van der Waals surface area contributed by atoms with Gasteiger partial charge in [0.1, 0.15) is 0 Å². The van der Waals surface area contributed by atoms with Gasteiger partial charge < -0.3 is 9.64 Å². The van der Waals surface area contributed by atoms with E-state index in [1.54, 1.807) is 0 Å². The standard InChI is InChI=1S/C11H22N2O5S/c1-4-13(5-2)10(14)9-12-19(16,17)8-6-7-11(15)18-3/h12H,4-9H2,1-3H3. The zero-order chi connectivity index (χ0) is 14.9. The van der Waals surface area contributed by atoms with E-state index in [9.17, 15) is 18.0 Å². The van der Waals surface area contributed by atoms with E-state index < -0.39 is 16.0 Å². The van der Waals surface area contributed by atoms with Crippen molar-refractivity contribution in [1.82, 2.24) is 9.62 Å². The van der Waals surface area contributed by atoms with Gasteiger partial charge in [-0.2, -0.15) is 0 Å². The third kappa shape index (κ3) is 7.78. The van der Waals surface area contributed by atoms with Gasteiger partial charge in [-0.1, -0.05) is 0 Å². The van der Waals surface area contributed by atoms with Crippen molar-refractivity contribution in [2.75, 3.05) is 32.5 Å². The third-order valence-corrected chi connectivity index (χ3v) is 3.99. The molecule has 0 saturated carbocycles. The first-order chi connectivity index (χ1) is 8.86. The molecule has 8 heteroatoms. The summed E-state index contributed by atoms with van der Waals surface area (Å²) in [6.07, 6.45) is 0.211. The molecule has 112 valence electrons. The maximum atomic E-state index is 11.6. The highest BCUT2D eigenvalue weighted by molar-refractivity contribution is 7.89. The quantitative estimate of drug-likeness (QED) is 0.591. The first-order valence-electron chi connectivity index (χ1n) is 6.18. The van der Waals surface area contributed by atoms with Crippen LogP contribution in [0.3, 0.4) is 0 Å². The molecule has 0 aliphatic heterocycles. The van der Waals surface area contributed by atoms with E-state index >= 15 is 0 Å². The number of carbonyl (C=O) groups excluding carboxylic acids is 2. The predicted molar refractivity (Wildman–Crippen MR) is 71.0 cm³/mol. The summed E-state index contributed by atoms with van der Waals surface area (Å²) >= 11 is 0. The Bertz CT molecular complexity index is 390. The molecule has 0 saturated heterocycles. The van der Waals surface area contributed by atoms with Crippen LogP contribution in [0.1, 0.15) is 26.7 Å². The molecule has 0 aromatic carbocycles. The van der Waals surface area contributed by atoms with E-state index in [2.05, 4.69) is 9.46 Å². The maximum Gasteiger partial charge on any atom is 0.305 e. The first-order valence-corrected chi connectivity index (χ1v) is 7.83. The lowest BCUT2D eigenvalue weighted by Gasteiger charge is -2.18. The number of hydrogen-bond acceptors (Lipinski definition) is 5. The van der Waals surface area contributed by atoms with Crippen LogP contribution in [0.2, 0.25) is 0 Å². The highest BCUT2D eigenvalue weighted by Gasteiger charge is 2.15. The molecule has 0 radical (unpaired) electrons. The summed E-state index contributed by atoms with van der Waals surface area (Å²) in [7, 11) is -2.29. The molecule has 1 N–H and O–H groups in total. The number of esters is 1. The Hall–Kier alpha value is -1.15. The monoisotopic (exact) mass is 294 g/mol. The molecule has 0 rings (SSSR count). The Morgan fingerprint density at radius 3 is 2.26 bits per heavy atom. The Balaban J connectivity index is 4.10. The minimum absolute atomic E-state index is 0.0431. The average Bonchev–Trinajstić information content (AvgIpc) is 2.37. The smallest absolute Gasteiger partial charge is 0.305 e. The minimum atomic E-state index is -3.54. The van der Waals surface area contributed by atoms with E-state index in [1.807, 2.05) is 13.8 Å². The SMILES string of the molecule is CCN(CC)C(=O)CNS(=O)(=O)CCCC(=O)OC. The minimum Gasteiger partial charge on any atom is -0.469 e. The zero-order valence-corrected chi connectivity index (χ0v) is 12.5. The summed E-state index contributed by atoms with van der Waals surface area (Å²) in [6.45, 7) is 4.49. The van der Waals surface area contributed by atoms with Crippen LogP contribution in [-0.4, -0.2) is 57.7 Å². The number of likely N-dealkylation sites (N-methyl/N-ethyl adjacent to an activating group) is 1. The van der Waals surface area contributed by atoms with Crippen LogP contribution in [-0.2, 0) is 24.3 Å². The second-order valence-electron chi connectivity index (χ2n) is 3.89. The number of nitrogens with one attached hydrogen (secondary N) is 1. The number of rotatable bonds is 9. The highest BCUT2D eigenvalue weighted by Crippen LogP contribution is 1.97. The lowest BCUT2D eigenvalue weighted by atomic mass is 10.3. The van der Waals surface area contributed by atoms with E-state index in [0.29, 0.717) is 13.1 Å². The summed E-state index contributed by atoms with van der Waals surface area (Å²) < 4.78 is 29.8. The highest BCUT2D eigenvalue weighted by atomic mass is 32.2. The number of methoxy groups -OCH3 is 1. The van der Waals surface area contributed by atoms with Crippen molar-refractivity contribution in [3.05, 3.63) is 0 Å². The van der Waals surface area contributed by atoms with Gasteiger partial charge in [-0.05, 0) is 20.3 Å². The second-order valence-corrected chi connectivity index (χ2v) is 5.81. The molecular formula is C11H22N2O5S. The van der Waals surface area contributed by atoms with Crippen LogP contribution in [0.4, 0.5) is 0 Å². The average molecular weight is 294 g/mol. The molecule has 1 amide bonds. The van der Waals surface area contributed by atoms with Crippen molar-refractivity contribution in [1.29, 1.82) is 0 Å². The van der Waals surface area contributed by atoms with Crippen LogP contribution < -0.4 is 4.72 Å². The summed E-state index contributed by atoms with van der Waals surface area (Å²) in [5.74, 6) is -0.913. The molecule has 0 aromatic heterocycles. The molecule has 0 spiro atoms. The summed E-state index contributed by atoms with van der Waals surface area (Å²) in [5, 5.41) is 0. The van der Waals surface area contributed by atoms with Gasteiger partial charge in [-0.3, -0.25) is 9.59 Å². The zero-order valence-electron chi connectivity index (χ0n) is 11.6. The van der Waals surface area contributed by atoms with Gasteiger partial charge in [0.15, 0.2) is 0 Å². The van der Waals surface area contributed by atoms with Crippen molar-refractivity contribution in [2.24, 2.45) is 0 Å². The summed E-state index contributed by atoms with van der Waals surface area (Å²) in [6, 6.07) is 0. The van der Waals surface area contributed by atoms with Crippen molar-refractivity contribution in [3.63, 3.8) is 0 Å². The lowest BCUT2D eigenvalue weighted by Crippen LogP contribution is -2.40. The molecular weight excluding hydrogens is 272 g/mol. The lowest BCUT2D eigenvalue weighted by molar-refractivity contribution is -0.140. The van der Waals surface area contributed by atoms with Gasteiger partial charge in [-0.25, -0.2) is 13.1 Å². The van der Waals surface area contributed by atoms with Gasteiger partial charge in [0.25, 0.3) is 0 Å².